The number of hydrogen-bond acceptors (Lipinski definition) is 6. The Hall–Kier alpha value is -4.21. The Balaban J connectivity index is 1.69. The minimum absolute atomic E-state index is 0.139. The number of tetrazole rings is 1. The molecule has 0 bridgehead atoms. The molecule has 0 aliphatic carbocycles. The monoisotopic (exact) mass is 405 g/mol. The van der Waals surface area contributed by atoms with Crippen molar-refractivity contribution >= 4 is 11.6 Å². The quantitative estimate of drug-likeness (QED) is 0.558. The number of nitrogens with zero attached hydrogens (tertiary/aromatic N) is 6. The first-order valence-corrected chi connectivity index (χ1v) is 8.95. The van der Waals surface area contributed by atoms with E-state index in [-0.39, 0.29) is 11.4 Å². The summed E-state index contributed by atoms with van der Waals surface area (Å²) in [5.74, 6) is -1.23. The van der Waals surface area contributed by atoms with Crippen LogP contribution in [0.25, 0.3) is 11.4 Å². The molecule has 0 unspecified atom stereocenters. The summed E-state index contributed by atoms with van der Waals surface area (Å²) in [6.45, 7) is 3.48. The highest BCUT2D eigenvalue weighted by Gasteiger charge is 2.17. The number of hydrogen-bond donors (Lipinski definition) is 1. The van der Waals surface area contributed by atoms with E-state index in [1.807, 2.05) is 6.92 Å². The van der Waals surface area contributed by atoms with Gasteiger partial charge in [0, 0.05) is 17.4 Å². The number of halogens is 1. The van der Waals surface area contributed by atoms with Crippen LogP contribution in [0.5, 0.6) is 0 Å². The zero-order valence-corrected chi connectivity index (χ0v) is 16.1. The molecule has 0 aliphatic heterocycles. The fraction of sp³-hybridized carbons (Fsp3) is 0.100. The first-order valence-electron chi connectivity index (χ1n) is 8.95. The van der Waals surface area contributed by atoms with Gasteiger partial charge < -0.3 is 5.32 Å². The molecule has 0 saturated heterocycles. The van der Waals surface area contributed by atoms with Crippen molar-refractivity contribution in [2.24, 2.45) is 0 Å². The summed E-state index contributed by atoms with van der Waals surface area (Å²) in [6, 6.07) is 12.4. The zero-order chi connectivity index (χ0) is 21.3. The standard InChI is InChI=1S/C20H16FN7O2/c1-12-7-8-14(10-17(12)27-11-22-25-26-27)23-20(30)19-18(29)9-13(2)28(24-19)16-6-4-3-5-15(16)21/h3-11H,1-2H3,(H,23,30). The molecule has 0 saturated carbocycles. The molecule has 1 N–H and O–H groups in total. The number of aromatic nitrogens is 6. The normalized spacial score (nSPS) is 10.8. The number of anilines is 1. The van der Waals surface area contributed by atoms with Crippen LogP contribution in [0.3, 0.4) is 0 Å². The lowest BCUT2D eigenvalue weighted by Crippen LogP contribution is -2.27. The molecule has 2 aromatic heterocycles. The molecule has 0 aliphatic rings. The van der Waals surface area contributed by atoms with E-state index >= 15 is 0 Å². The summed E-state index contributed by atoms with van der Waals surface area (Å²) in [5, 5.41) is 17.8. The lowest BCUT2D eigenvalue weighted by molar-refractivity contribution is 0.101. The Morgan fingerprint density at radius 2 is 1.87 bits per heavy atom. The summed E-state index contributed by atoms with van der Waals surface area (Å²) < 4.78 is 16.9. The molecule has 2 heterocycles. The van der Waals surface area contributed by atoms with Crippen molar-refractivity contribution in [3.05, 3.63) is 87.9 Å². The van der Waals surface area contributed by atoms with E-state index in [9.17, 15) is 14.0 Å². The van der Waals surface area contributed by atoms with E-state index in [0.29, 0.717) is 17.1 Å². The molecule has 4 rings (SSSR count). The summed E-state index contributed by atoms with van der Waals surface area (Å²) in [7, 11) is 0. The van der Waals surface area contributed by atoms with Gasteiger partial charge in [0.1, 0.15) is 17.8 Å². The largest absolute Gasteiger partial charge is 0.320 e. The maximum atomic E-state index is 14.2. The van der Waals surface area contributed by atoms with Crippen LogP contribution < -0.4 is 10.7 Å². The number of amides is 1. The first kappa shape index (κ1) is 19.1. The predicted molar refractivity (Wildman–Crippen MR) is 106 cm³/mol. The molecule has 0 radical (unpaired) electrons. The van der Waals surface area contributed by atoms with Crippen LogP contribution in [0.2, 0.25) is 0 Å². The summed E-state index contributed by atoms with van der Waals surface area (Å²) in [6.07, 6.45) is 1.43. The third-order valence-electron chi connectivity index (χ3n) is 4.47. The highest BCUT2D eigenvalue weighted by atomic mass is 19.1. The van der Waals surface area contributed by atoms with Gasteiger partial charge in [0.25, 0.3) is 5.91 Å². The van der Waals surface area contributed by atoms with Crippen molar-refractivity contribution in [2.45, 2.75) is 13.8 Å². The van der Waals surface area contributed by atoms with Gasteiger partial charge in [0.05, 0.1) is 5.69 Å². The SMILES string of the molecule is Cc1ccc(NC(=O)c2nn(-c3ccccc3F)c(C)cc2=O)cc1-n1cnnn1. The smallest absolute Gasteiger partial charge is 0.280 e. The van der Waals surface area contributed by atoms with E-state index in [0.717, 1.165) is 5.56 Å². The Kier molecular flexibility index (Phi) is 4.88. The van der Waals surface area contributed by atoms with E-state index in [1.165, 1.54) is 33.9 Å². The number of benzene rings is 2. The average molecular weight is 405 g/mol. The number of carbonyl (C=O) groups is 1. The molecular weight excluding hydrogens is 389 g/mol. The number of nitrogens with one attached hydrogen (secondary N) is 1. The average Bonchev–Trinajstić information content (AvgIpc) is 3.25. The molecule has 4 aromatic rings. The molecule has 1 amide bonds. The van der Waals surface area contributed by atoms with Gasteiger partial charge in [-0.1, -0.05) is 18.2 Å². The summed E-state index contributed by atoms with van der Waals surface area (Å²) in [5.41, 5.74) is 1.60. The Morgan fingerprint density at radius 3 is 2.60 bits per heavy atom. The van der Waals surface area contributed by atoms with Crippen LogP contribution >= 0.6 is 0 Å². The topological polar surface area (TPSA) is 108 Å². The van der Waals surface area contributed by atoms with E-state index < -0.39 is 17.2 Å². The molecule has 2 aromatic carbocycles. The summed E-state index contributed by atoms with van der Waals surface area (Å²) >= 11 is 0. The second-order valence-corrected chi connectivity index (χ2v) is 6.57. The molecule has 0 atom stereocenters. The molecule has 150 valence electrons. The van der Waals surface area contributed by atoms with Crippen molar-refractivity contribution in [3.63, 3.8) is 0 Å². The molecular formula is C20H16FN7O2. The van der Waals surface area contributed by atoms with Crippen molar-refractivity contribution in [1.29, 1.82) is 0 Å². The Bertz CT molecular complexity index is 1300. The minimum Gasteiger partial charge on any atom is -0.320 e. The van der Waals surface area contributed by atoms with E-state index in [4.69, 9.17) is 0 Å². The van der Waals surface area contributed by atoms with Crippen LogP contribution in [-0.4, -0.2) is 35.9 Å². The van der Waals surface area contributed by atoms with Crippen LogP contribution in [0, 0.1) is 19.7 Å². The third kappa shape index (κ3) is 3.58. The van der Waals surface area contributed by atoms with Crippen LogP contribution in [0.4, 0.5) is 10.1 Å². The van der Waals surface area contributed by atoms with Crippen LogP contribution in [0.15, 0.2) is 59.7 Å². The lowest BCUT2D eigenvalue weighted by atomic mass is 10.1. The van der Waals surface area contributed by atoms with Crippen LogP contribution in [0.1, 0.15) is 21.7 Å². The minimum atomic E-state index is -0.711. The van der Waals surface area contributed by atoms with Crippen LogP contribution in [-0.2, 0) is 0 Å². The molecule has 0 fully saturated rings. The van der Waals surface area contributed by atoms with Gasteiger partial charge >= 0.3 is 0 Å². The molecule has 30 heavy (non-hydrogen) atoms. The number of carbonyl (C=O) groups excluding carboxylic acids is 1. The van der Waals surface area contributed by atoms with Gasteiger partial charge in [-0.05, 0) is 54.1 Å². The molecule has 10 heteroatoms. The number of rotatable bonds is 4. The Labute approximate surface area is 169 Å². The highest BCUT2D eigenvalue weighted by molar-refractivity contribution is 6.02. The summed E-state index contributed by atoms with van der Waals surface area (Å²) in [4.78, 5) is 25.2. The van der Waals surface area contributed by atoms with Gasteiger partial charge in [0.15, 0.2) is 5.69 Å². The zero-order valence-electron chi connectivity index (χ0n) is 16.1. The van der Waals surface area contributed by atoms with Crippen molar-refractivity contribution in [3.8, 4) is 11.4 Å². The van der Waals surface area contributed by atoms with Gasteiger partial charge in [-0.2, -0.15) is 5.10 Å². The fourth-order valence-electron chi connectivity index (χ4n) is 2.97. The molecule has 9 nitrogen and oxygen atoms in total. The first-order chi connectivity index (χ1) is 14.4. The maximum absolute atomic E-state index is 14.2. The van der Waals surface area contributed by atoms with Crippen molar-refractivity contribution in [1.82, 2.24) is 30.0 Å². The second kappa shape index (κ2) is 7.66. The van der Waals surface area contributed by atoms with Crippen molar-refractivity contribution in [2.75, 3.05) is 5.32 Å². The lowest BCUT2D eigenvalue weighted by Gasteiger charge is -2.12. The van der Waals surface area contributed by atoms with E-state index in [2.05, 4.69) is 25.9 Å². The van der Waals surface area contributed by atoms with Gasteiger partial charge in [-0.15, -0.1) is 5.10 Å². The predicted octanol–water partition coefficient (Wildman–Crippen LogP) is 2.22. The number of para-hydroxylation sites is 1. The van der Waals surface area contributed by atoms with Gasteiger partial charge in [-0.25, -0.2) is 13.8 Å². The van der Waals surface area contributed by atoms with E-state index in [1.54, 1.807) is 37.3 Å². The fourth-order valence-corrected chi connectivity index (χ4v) is 2.97. The van der Waals surface area contributed by atoms with Crippen molar-refractivity contribution < 1.29 is 9.18 Å². The van der Waals surface area contributed by atoms with Gasteiger partial charge in [0.2, 0.25) is 5.43 Å². The second-order valence-electron chi connectivity index (χ2n) is 6.57. The molecule has 0 spiro atoms. The number of aryl methyl sites for hydroxylation is 2. The van der Waals surface area contributed by atoms with Gasteiger partial charge in [-0.3, -0.25) is 9.59 Å². The highest BCUT2D eigenvalue weighted by Crippen LogP contribution is 2.19. The maximum Gasteiger partial charge on any atom is 0.280 e. The third-order valence-corrected chi connectivity index (χ3v) is 4.47. The Morgan fingerprint density at radius 1 is 1.07 bits per heavy atom.